The van der Waals surface area contributed by atoms with Crippen molar-refractivity contribution in [2.45, 2.75) is 17.9 Å². The Morgan fingerprint density at radius 2 is 1.80 bits per heavy atom. The Balaban J connectivity index is 2.28. The van der Waals surface area contributed by atoms with Crippen LogP contribution in [-0.4, -0.2) is 8.42 Å². The molecule has 0 saturated carbocycles. The van der Waals surface area contributed by atoms with E-state index < -0.39 is 21.9 Å². The van der Waals surface area contributed by atoms with Crippen LogP contribution in [0.5, 0.6) is 0 Å². The largest absolute Gasteiger partial charge is 0.398 e. The van der Waals surface area contributed by atoms with Crippen molar-refractivity contribution in [1.29, 1.82) is 0 Å². The number of nitrogens with two attached hydrogens (primary N) is 1. The zero-order chi connectivity index (χ0) is 14.8. The molecule has 4 nitrogen and oxygen atoms in total. The van der Waals surface area contributed by atoms with Crippen LogP contribution in [0.1, 0.15) is 18.5 Å². The van der Waals surface area contributed by atoms with Crippen molar-refractivity contribution in [3.05, 3.63) is 59.9 Å². The van der Waals surface area contributed by atoms with Gasteiger partial charge in [-0.05, 0) is 30.7 Å². The van der Waals surface area contributed by atoms with Gasteiger partial charge in [0.15, 0.2) is 0 Å². The van der Waals surface area contributed by atoms with Crippen molar-refractivity contribution in [1.82, 2.24) is 4.72 Å². The molecular weight excluding hydrogens is 279 g/mol. The molecule has 0 fully saturated rings. The zero-order valence-electron chi connectivity index (χ0n) is 10.9. The maximum absolute atomic E-state index is 13.0. The third kappa shape index (κ3) is 3.15. The normalized spacial score (nSPS) is 13.1. The molecule has 0 radical (unpaired) electrons. The first-order valence-corrected chi connectivity index (χ1v) is 7.51. The fourth-order valence-electron chi connectivity index (χ4n) is 1.87. The molecule has 0 aliphatic rings. The van der Waals surface area contributed by atoms with Crippen LogP contribution in [0.15, 0.2) is 53.4 Å². The van der Waals surface area contributed by atoms with Gasteiger partial charge in [0.05, 0.1) is 5.69 Å². The highest BCUT2D eigenvalue weighted by Gasteiger charge is 2.20. The van der Waals surface area contributed by atoms with E-state index in [4.69, 9.17) is 5.73 Å². The predicted molar refractivity (Wildman–Crippen MR) is 76.0 cm³/mol. The van der Waals surface area contributed by atoms with Crippen LogP contribution in [0.25, 0.3) is 0 Å². The molecule has 1 atom stereocenters. The van der Waals surface area contributed by atoms with E-state index in [1.54, 1.807) is 6.92 Å². The lowest BCUT2D eigenvalue weighted by atomic mass is 10.1. The summed E-state index contributed by atoms with van der Waals surface area (Å²) in [5.74, 6) is -0.572. The molecule has 0 aliphatic heterocycles. The van der Waals surface area contributed by atoms with Crippen molar-refractivity contribution < 1.29 is 12.8 Å². The molecule has 0 saturated heterocycles. The number of hydrogen-bond acceptors (Lipinski definition) is 3. The highest BCUT2D eigenvalue weighted by molar-refractivity contribution is 7.89. The molecule has 106 valence electrons. The maximum atomic E-state index is 13.0. The topological polar surface area (TPSA) is 72.2 Å². The first-order valence-electron chi connectivity index (χ1n) is 6.02. The smallest absolute Gasteiger partial charge is 0.243 e. The number of halogens is 1. The molecule has 2 rings (SSSR count). The number of nitrogens with one attached hydrogen (secondary N) is 1. The Bertz CT molecular complexity index is 702. The Hall–Kier alpha value is -1.92. The van der Waals surface area contributed by atoms with E-state index in [9.17, 15) is 12.8 Å². The summed E-state index contributed by atoms with van der Waals surface area (Å²) in [5, 5.41) is 0. The van der Waals surface area contributed by atoms with Crippen molar-refractivity contribution in [2.75, 3.05) is 5.73 Å². The standard InChI is InChI=1S/C14H15FN2O2S/c1-10(11-5-3-2-4-6-11)17-20(18,19)14-8-7-12(15)9-13(14)16/h2-10,17H,16H2,1H3/t10-/m0/s1. The monoisotopic (exact) mass is 294 g/mol. The summed E-state index contributed by atoms with van der Waals surface area (Å²) in [7, 11) is -3.80. The summed E-state index contributed by atoms with van der Waals surface area (Å²) >= 11 is 0. The molecule has 2 aromatic rings. The first-order chi connectivity index (χ1) is 9.40. The van der Waals surface area contributed by atoms with Gasteiger partial charge in [-0.2, -0.15) is 0 Å². The third-order valence-electron chi connectivity index (χ3n) is 2.89. The second-order valence-corrected chi connectivity index (χ2v) is 6.12. The first kappa shape index (κ1) is 14.5. The fraction of sp³-hybridized carbons (Fsp3) is 0.143. The van der Waals surface area contributed by atoms with Crippen LogP contribution < -0.4 is 10.5 Å². The number of anilines is 1. The van der Waals surface area contributed by atoms with Gasteiger partial charge in [-0.1, -0.05) is 30.3 Å². The molecule has 2 aromatic carbocycles. The van der Waals surface area contributed by atoms with Crippen LogP contribution in [0, 0.1) is 5.82 Å². The van der Waals surface area contributed by atoms with Gasteiger partial charge in [0.2, 0.25) is 10.0 Å². The van der Waals surface area contributed by atoms with E-state index in [2.05, 4.69) is 4.72 Å². The van der Waals surface area contributed by atoms with E-state index in [0.29, 0.717) is 0 Å². The Kier molecular flexibility index (Phi) is 4.06. The minimum absolute atomic E-state index is 0.113. The summed E-state index contributed by atoms with van der Waals surface area (Å²) in [6.07, 6.45) is 0. The minimum Gasteiger partial charge on any atom is -0.398 e. The molecule has 0 amide bonds. The van der Waals surface area contributed by atoms with Gasteiger partial charge >= 0.3 is 0 Å². The number of sulfonamides is 1. The predicted octanol–water partition coefficient (Wildman–Crippen LogP) is 2.45. The quantitative estimate of drug-likeness (QED) is 0.851. The lowest BCUT2D eigenvalue weighted by Crippen LogP contribution is -2.27. The molecule has 0 bridgehead atoms. The highest BCUT2D eigenvalue weighted by Crippen LogP contribution is 2.22. The molecule has 0 aliphatic carbocycles. The average molecular weight is 294 g/mol. The van der Waals surface area contributed by atoms with Crippen LogP contribution in [0.3, 0.4) is 0 Å². The Morgan fingerprint density at radius 1 is 1.15 bits per heavy atom. The number of rotatable bonds is 4. The van der Waals surface area contributed by atoms with Crippen LogP contribution in [0.4, 0.5) is 10.1 Å². The number of nitrogen functional groups attached to an aromatic ring is 1. The number of hydrogen-bond donors (Lipinski definition) is 2. The lowest BCUT2D eigenvalue weighted by molar-refractivity contribution is 0.567. The van der Waals surface area contributed by atoms with Crippen molar-refractivity contribution in [2.24, 2.45) is 0 Å². The molecule has 0 aromatic heterocycles. The summed E-state index contributed by atoms with van der Waals surface area (Å²) in [5.41, 5.74) is 6.28. The average Bonchev–Trinajstić information content (AvgIpc) is 2.38. The molecule has 0 spiro atoms. The van der Waals surface area contributed by atoms with Gasteiger partial charge in [0, 0.05) is 6.04 Å². The van der Waals surface area contributed by atoms with Crippen LogP contribution in [-0.2, 0) is 10.0 Å². The van der Waals surface area contributed by atoms with Crippen molar-refractivity contribution >= 4 is 15.7 Å². The lowest BCUT2D eigenvalue weighted by Gasteiger charge is -2.15. The third-order valence-corrected chi connectivity index (χ3v) is 4.51. The van der Waals surface area contributed by atoms with Crippen LogP contribution in [0.2, 0.25) is 0 Å². The van der Waals surface area contributed by atoms with Gasteiger partial charge in [-0.25, -0.2) is 17.5 Å². The maximum Gasteiger partial charge on any atom is 0.243 e. The van der Waals surface area contributed by atoms with E-state index in [0.717, 1.165) is 23.8 Å². The number of benzene rings is 2. The molecule has 0 unspecified atom stereocenters. The molecule has 3 N–H and O–H groups in total. The Morgan fingerprint density at radius 3 is 2.40 bits per heavy atom. The summed E-state index contributed by atoms with van der Waals surface area (Å²) in [6.45, 7) is 1.73. The van der Waals surface area contributed by atoms with E-state index >= 15 is 0 Å². The van der Waals surface area contributed by atoms with Crippen LogP contribution >= 0.6 is 0 Å². The minimum atomic E-state index is -3.80. The van der Waals surface area contributed by atoms with E-state index in [-0.39, 0.29) is 10.6 Å². The summed E-state index contributed by atoms with van der Waals surface area (Å²) < 4.78 is 40.0. The second-order valence-electron chi connectivity index (χ2n) is 4.44. The molecular formula is C14H15FN2O2S. The zero-order valence-corrected chi connectivity index (χ0v) is 11.7. The molecule has 20 heavy (non-hydrogen) atoms. The second kappa shape index (κ2) is 5.60. The summed E-state index contributed by atoms with van der Waals surface area (Å²) in [4.78, 5) is -0.123. The highest BCUT2D eigenvalue weighted by atomic mass is 32.2. The molecule has 0 heterocycles. The Labute approximate surface area is 117 Å². The van der Waals surface area contributed by atoms with Crippen molar-refractivity contribution in [3.63, 3.8) is 0 Å². The van der Waals surface area contributed by atoms with Gasteiger partial charge in [0.25, 0.3) is 0 Å². The van der Waals surface area contributed by atoms with Gasteiger partial charge in [0.1, 0.15) is 10.7 Å². The van der Waals surface area contributed by atoms with Crippen molar-refractivity contribution in [3.8, 4) is 0 Å². The SMILES string of the molecule is C[C@H](NS(=O)(=O)c1ccc(F)cc1N)c1ccccc1. The molecule has 6 heteroatoms. The fourth-order valence-corrected chi connectivity index (χ4v) is 3.21. The van der Waals surface area contributed by atoms with Gasteiger partial charge in [-0.15, -0.1) is 0 Å². The van der Waals surface area contributed by atoms with Gasteiger partial charge < -0.3 is 5.73 Å². The van der Waals surface area contributed by atoms with E-state index in [1.165, 1.54) is 0 Å². The van der Waals surface area contributed by atoms with Gasteiger partial charge in [-0.3, -0.25) is 0 Å². The van der Waals surface area contributed by atoms with E-state index in [1.807, 2.05) is 30.3 Å². The summed E-state index contributed by atoms with van der Waals surface area (Å²) in [6, 6.07) is 11.9.